The van der Waals surface area contributed by atoms with Gasteiger partial charge in [0.2, 0.25) is 0 Å². The Hall–Kier alpha value is -2.47. The zero-order valence-corrected chi connectivity index (χ0v) is 13.8. The zero-order chi connectivity index (χ0) is 17.0. The largest absolute Gasteiger partial charge is 0.385 e. The van der Waals surface area contributed by atoms with E-state index in [1.54, 1.807) is 24.7 Å². The van der Waals surface area contributed by atoms with Gasteiger partial charge in [-0.15, -0.1) is 0 Å². The first-order valence-electron chi connectivity index (χ1n) is 8.24. The Bertz CT molecular complexity index is 680. The minimum Gasteiger partial charge on any atom is -0.385 e. The molecule has 1 aliphatic heterocycles. The van der Waals surface area contributed by atoms with Crippen LogP contribution in [-0.2, 0) is 5.60 Å². The highest BCUT2D eigenvalue weighted by atomic mass is 16.3. The van der Waals surface area contributed by atoms with E-state index in [4.69, 9.17) is 0 Å². The summed E-state index contributed by atoms with van der Waals surface area (Å²) < 4.78 is 0. The highest BCUT2D eigenvalue weighted by molar-refractivity contribution is 5.93. The Balaban J connectivity index is 1.65. The number of aromatic nitrogens is 2. The monoisotopic (exact) mass is 326 g/mol. The van der Waals surface area contributed by atoms with Gasteiger partial charge in [-0.1, -0.05) is 6.07 Å². The van der Waals surface area contributed by atoms with Gasteiger partial charge in [-0.2, -0.15) is 0 Å². The number of aliphatic hydroxyl groups is 1. The maximum absolute atomic E-state index is 11.8. The lowest BCUT2D eigenvalue weighted by Gasteiger charge is -2.38. The summed E-state index contributed by atoms with van der Waals surface area (Å²) in [5, 5.41) is 13.6. The van der Waals surface area contributed by atoms with E-state index < -0.39 is 5.60 Å². The molecular weight excluding hydrogens is 304 g/mol. The summed E-state index contributed by atoms with van der Waals surface area (Å²) in [6.07, 6.45) is 6.29. The molecule has 1 aliphatic rings. The molecule has 126 valence electrons. The molecule has 0 atom stereocenters. The van der Waals surface area contributed by atoms with Crippen LogP contribution in [0.15, 0.2) is 42.9 Å². The van der Waals surface area contributed by atoms with Crippen molar-refractivity contribution in [3.05, 3.63) is 54.0 Å². The van der Waals surface area contributed by atoms with E-state index >= 15 is 0 Å². The maximum Gasteiger partial charge on any atom is 0.252 e. The van der Waals surface area contributed by atoms with E-state index in [9.17, 15) is 9.90 Å². The second kappa shape index (κ2) is 6.97. The highest BCUT2D eigenvalue weighted by Crippen LogP contribution is 2.33. The first-order valence-corrected chi connectivity index (χ1v) is 8.24. The Kier molecular flexibility index (Phi) is 4.76. The van der Waals surface area contributed by atoms with Gasteiger partial charge in [-0.25, -0.2) is 4.98 Å². The molecule has 0 saturated carbocycles. The standard InChI is InChI=1S/C18H22N4O2/c1-2-20-17(23)14-5-6-16(21-12-14)22-10-7-18(24,8-11-22)15-4-3-9-19-13-15/h3-6,9,12-13,24H,2,7-8,10-11H2,1H3,(H,20,23). The summed E-state index contributed by atoms with van der Waals surface area (Å²) in [5.41, 5.74) is 0.597. The molecule has 2 aromatic rings. The van der Waals surface area contributed by atoms with E-state index in [-0.39, 0.29) is 5.91 Å². The van der Waals surface area contributed by atoms with E-state index in [1.165, 1.54) is 0 Å². The molecule has 0 bridgehead atoms. The van der Waals surface area contributed by atoms with Gasteiger partial charge in [-0.3, -0.25) is 9.78 Å². The summed E-state index contributed by atoms with van der Waals surface area (Å²) in [7, 11) is 0. The molecule has 1 fully saturated rings. The van der Waals surface area contributed by atoms with Crippen LogP contribution in [0, 0.1) is 0 Å². The number of pyridine rings is 2. The van der Waals surface area contributed by atoms with E-state index in [0.29, 0.717) is 38.0 Å². The van der Waals surface area contributed by atoms with E-state index in [0.717, 1.165) is 11.4 Å². The molecule has 3 rings (SSSR count). The fourth-order valence-electron chi connectivity index (χ4n) is 3.00. The summed E-state index contributed by atoms with van der Waals surface area (Å²) >= 11 is 0. The number of carbonyl (C=O) groups is 1. The van der Waals surface area contributed by atoms with Crippen molar-refractivity contribution in [3.63, 3.8) is 0 Å². The van der Waals surface area contributed by atoms with Crippen LogP contribution in [0.3, 0.4) is 0 Å². The van der Waals surface area contributed by atoms with Crippen LogP contribution >= 0.6 is 0 Å². The number of anilines is 1. The molecule has 6 nitrogen and oxygen atoms in total. The lowest BCUT2D eigenvalue weighted by atomic mass is 9.85. The number of carbonyl (C=O) groups excluding carboxylic acids is 1. The molecule has 6 heteroatoms. The smallest absolute Gasteiger partial charge is 0.252 e. The second-order valence-electron chi connectivity index (χ2n) is 6.02. The fourth-order valence-corrected chi connectivity index (χ4v) is 3.00. The quantitative estimate of drug-likeness (QED) is 0.894. The number of hydrogen-bond acceptors (Lipinski definition) is 5. The van der Waals surface area contributed by atoms with Crippen LogP contribution in [0.2, 0.25) is 0 Å². The van der Waals surface area contributed by atoms with Crippen LogP contribution in [0.4, 0.5) is 5.82 Å². The minimum atomic E-state index is -0.828. The lowest BCUT2D eigenvalue weighted by Crippen LogP contribution is -2.43. The summed E-state index contributed by atoms with van der Waals surface area (Å²) in [5.74, 6) is 0.720. The van der Waals surface area contributed by atoms with Gasteiger partial charge in [0, 0.05) is 43.8 Å². The predicted molar refractivity (Wildman–Crippen MR) is 91.8 cm³/mol. The molecule has 1 saturated heterocycles. The normalized spacial score (nSPS) is 16.7. The molecule has 0 radical (unpaired) electrons. The van der Waals surface area contributed by atoms with Gasteiger partial charge in [0.1, 0.15) is 5.82 Å². The number of piperidine rings is 1. The van der Waals surface area contributed by atoms with E-state index in [2.05, 4.69) is 20.2 Å². The first-order chi connectivity index (χ1) is 11.6. The predicted octanol–water partition coefficient (Wildman–Crippen LogP) is 1.71. The van der Waals surface area contributed by atoms with Crippen molar-refractivity contribution in [1.29, 1.82) is 0 Å². The average Bonchev–Trinajstić information content (AvgIpc) is 2.63. The van der Waals surface area contributed by atoms with Crippen LogP contribution in [0.25, 0.3) is 0 Å². The van der Waals surface area contributed by atoms with Gasteiger partial charge in [0.05, 0.1) is 11.2 Å². The van der Waals surface area contributed by atoms with Crippen molar-refractivity contribution in [1.82, 2.24) is 15.3 Å². The number of hydrogen-bond donors (Lipinski definition) is 2. The van der Waals surface area contributed by atoms with Gasteiger partial charge < -0.3 is 15.3 Å². The molecule has 1 amide bonds. The SMILES string of the molecule is CCNC(=O)c1ccc(N2CCC(O)(c3cccnc3)CC2)nc1. The van der Waals surface area contributed by atoms with Crippen molar-refractivity contribution in [2.75, 3.05) is 24.5 Å². The van der Waals surface area contributed by atoms with Crippen molar-refractivity contribution in [3.8, 4) is 0 Å². The number of nitrogens with zero attached hydrogens (tertiary/aromatic N) is 3. The molecule has 2 aromatic heterocycles. The molecule has 3 heterocycles. The van der Waals surface area contributed by atoms with Crippen molar-refractivity contribution >= 4 is 11.7 Å². The van der Waals surface area contributed by atoms with Gasteiger partial charge in [0.25, 0.3) is 5.91 Å². The van der Waals surface area contributed by atoms with Crippen LogP contribution in [-0.4, -0.2) is 40.6 Å². The van der Waals surface area contributed by atoms with Crippen LogP contribution in [0.5, 0.6) is 0 Å². The topological polar surface area (TPSA) is 78.4 Å². The summed E-state index contributed by atoms with van der Waals surface area (Å²) in [4.78, 5) is 22.4. The Morgan fingerprint density at radius 3 is 2.67 bits per heavy atom. The Labute approximate surface area is 141 Å². The van der Waals surface area contributed by atoms with Crippen molar-refractivity contribution < 1.29 is 9.90 Å². The average molecular weight is 326 g/mol. The van der Waals surface area contributed by atoms with Gasteiger partial charge in [0.15, 0.2) is 0 Å². The number of amides is 1. The van der Waals surface area contributed by atoms with Crippen LogP contribution in [0.1, 0.15) is 35.7 Å². The molecule has 2 N–H and O–H groups in total. The Morgan fingerprint density at radius 2 is 2.08 bits per heavy atom. The Morgan fingerprint density at radius 1 is 1.29 bits per heavy atom. The number of nitrogens with one attached hydrogen (secondary N) is 1. The highest BCUT2D eigenvalue weighted by Gasteiger charge is 2.34. The molecule has 0 unspecified atom stereocenters. The molecule has 0 aliphatic carbocycles. The van der Waals surface area contributed by atoms with Crippen molar-refractivity contribution in [2.45, 2.75) is 25.4 Å². The summed E-state index contributed by atoms with van der Waals surface area (Å²) in [6.45, 7) is 3.90. The molecule has 0 spiro atoms. The fraction of sp³-hybridized carbons (Fsp3) is 0.389. The zero-order valence-electron chi connectivity index (χ0n) is 13.8. The second-order valence-corrected chi connectivity index (χ2v) is 6.02. The maximum atomic E-state index is 11.8. The summed E-state index contributed by atoms with van der Waals surface area (Å²) in [6, 6.07) is 7.41. The molecule has 24 heavy (non-hydrogen) atoms. The van der Waals surface area contributed by atoms with Crippen LogP contribution < -0.4 is 10.2 Å². The third-order valence-electron chi connectivity index (χ3n) is 4.46. The first kappa shape index (κ1) is 16.4. The third-order valence-corrected chi connectivity index (χ3v) is 4.46. The molecular formula is C18H22N4O2. The van der Waals surface area contributed by atoms with E-state index in [1.807, 2.05) is 25.1 Å². The number of rotatable bonds is 4. The lowest BCUT2D eigenvalue weighted by molar-refractivity contribution is 0.0113. The van der Waals surface area contributed by atoms with Gasteiger partial charge >= 0.3 is 0 Å². The van der Waals surface area contributed by atoms with Gasteiger partial charge in [-0.05, 0) is 38.0 Å². The van der Waals surface area contributed by atoms with Crippen molar-refractivity contribution in [2.24, 2.45) is 0 Å². The third kappa shape index (κ3) is 3.38. The minimum absolute atomic E-state index is 0.110. The molecule has 0 aromatic carbocycles.